The van der Waals surface area contributed by atoms with Gasteiger partial charge in [-0.2, -0.15) is 0 Å². The molecule has 8 heteroatoms. The van der Waals surface area contributed by atoms with Gasteiger partial charge in [-0.25, -0.2) is 0 Å². The molecular formula is C17H23N5O3. The third kappa shape index (κ3) is 5.07. The number of hydrogen-bond acceptors (Lipinski definition) is 6. The van der Waals surface area contributed by atoms with Crippen molar-refractivity contribution in [1.82, 2.24) is 25.1 Å². The van der Waals surface area contributed by atoms with Crippen molar-refractivity contribution in [2.24, 2.45) is 7.05 Å². The predicted octanol–water partition coefficient (Wildman–Crippen LogP) is 0.633. The molecule has 1 saturated heterocycles. The zero-order valence-electron chi connectivity index (χ0n) is 14.3. The van der Waals surface area contributed by atoms with Crippen molar-refractivity contribution in [3.63, 3.8) is 0 Å². The van der Waals surface area contributed by atoms with Gasteiger partial charge >= 0.3 is 0 Å². The lowest BCUT2D eigenvalue weighted by Crippen LogP contribution is -2.50. The maximum atomic E-state index is 12.2. The van der Waals surface area contributed by atoms with Gasteiger partial charge in [0.25, 0.3) is 0 Å². The summed E-state index contributed by atoms with van der Waals surface area (Å²) in [7, 11) is 1.86. The van der Waals surface area contributed by atoms with Gasteiger partial charge in [-0.3, -0.25) is 9.78 Å². The van der Waals surface area contributed by atoms with Crippen molar-refractivity contribution in [3.05, 3.63) is 42.2 Å². The van der Waals surface area contributed by atoms with E-state index in [4.69, 9.17) is 9.47 Å². The van der Waals surface area contributed by atoms with Gasteiger partial charge in [-0.15, -0.1) is 10.2 Å². The van der Waals surface area contributed by atoms with Crippen molar-refractivity contribution < 1.29 is 14.3 Å². The second-order valence-corrected chi connectivity index (χ2v) is 6.07. The van der Waals surface area contributed by atoms with Gasteiger partial charge in [0.05, 0.1) is 31.1 Å². The largest absolute Gasteiger partial charge is 0.379 e. The zero-order valence-corrected chi connectivity index (χ0v) is 14.3. The minimum atomic E-state index is -0.149. The third-order valence-corrected chi connectivity index (χ3v) is 4.19. The van der Waals surface area contributed by atoms with Gasteiger partial charge in [0.15, 0.2) is 0 Å². The van der Waals surface area contributed by atoms with Gasteiger partial charge in [0, 0.05) is 32.7 Å². The van der Waals surface area contributed by atoms with E-state index in [-0.39, 0.29) is 18.1 Å². The Kier molecular flexibility index (Phi) is 6.08. The first-order valence-electron chi connectivity index (χ1n) is 8.44. The maximum absolute atomic E-state index is 12.2. The number of carbonyl (C=O) groups excluding carboxylic acids is 1. The molecule has 1 fully saturated rings. The van der Waals surface area contributed by atoms with Crippen LogP contribution in [-0.2, 0) is 34.3 Å². The highest BCUT2D eigenvalue weighted by atomic mass is 16.5. The van der Waals surface area contributed by atoms with E-state index in [1.165, 1.54) is 0 Å². The van der Waals surface area contributed by atoms with Crippen LogP contribution in [0.25, 0.3) is 0 Å². The molecule has 0 radical (unpaired) electrons. The highest BCUT2D eigenvalue weighted by molar-refractivity contribution is 5.76. The van der Waals surface area contributed by atoms with Crippen LogP contribution in [0.3, 0.4) is 0 Å². The SMILES string of the molecule is Cn1cnnc1CCC(=O)N[C@@H]1COCC[C@H]1OCc1ccccn1. The summed E-state index contributed by atoms with van der Waals surface area (Å²) in [5, 5.41) is 10.8. The Balaban J connectivity index is 1.48. The molecule has 0 unspecified atom stereocenters. The summed E-state index contributed by atoms with van der Waals surface area (Å²) in [6.45, 7) is 1.53. The average Bonchev–Trinajstić information content (AvgIpc) is 3.05. The molecule has 3 rings (SSSR count). The summed E-state index contributed by atoms with van der Waals surface area (Å²) < 4.78 is 13.3. The summed E-state index contributed by atoms with van der Waals surface area (Å²) in [6.07, 6.45) is 4.96. The van der Waals surface area contributed by atoms with E-state index in [9.17, 15) is 4.79 Å². The molecule has 2 aromatic heterocycles. The smallest absolute Gasteiger partial charge is 0.220 e. The van der Waals surface area contributed by atoms with Crippen LogP contribution in [0.15, 0.2) is 30.7 Å². The second kappa shape index (κ2) is 8.68. The van der Waals surface area contributed by atoms with E-state index in [2.05, 4.69) is 20.5 Å². The molecule has 1 amide bonds. The van der Waals surface area contributed by atoms with Crippen LogP contribution in [-0.4, -0.2) is 51.0 Å². The summed E-state index contributed by atoms with van der Waals surface area (Å²) in [6, 6.07) is 5.58. The number of rotatable bonds is 7. The minimum Gasteiger partial charge on any atom is -0.379 e. The van der Waals surface area contributed by atoms with E-state index in [1.54, 1.807) is 12.5 Å². The number of aryl methyl sites for hydroxylation is 2. The topological polar surface area (TPSA) is 91.2 Å². The lowest BCUT2D eigenvalue weighted by Gasteiger charge is -2.32. The number of aromatic nitrogens is 4. The zero-order chi connectivity index (χ0) is 17.5. The molecule has 2 atom stereocenters. The average molecular weight is 345 g/mol. The van der Waals surface area contributed by atoms with Crippen LogP contribution in [0.5, 0.6) is 0 Å². The standard InChI is InChI=1S/C17H23N5O3/c1-22-12-19-21-16(22)5-6-17(23)20-14-11-24-9-7-15(14)25-10-13-4-2-3-8-18-13/h2-4,8,12,14-15H,5-7,9-11H2,1H3,(H,20,23)/t14-,15-/m1/s1. The molecule has 3 heterocycles. The lowest BCUT2D eigenvalue weighted by molar-refractivity contribution is -0.126. The van der Waals surface area contributed by atoms with Crippen molar-refractivity contribution in [3.8, 4) is 0 Å². The Morgan fingerprint density at radius 2 is 2.40 bits per heavy atom. The molecule has 25 heavy (non-hydrogen) atoms. The van der Waals surface area contributed by atoms with Gasteiger partial charge in [-0.05, 0) is 18.6 Å². The fourth-order valence-electron chi connectivity index (χ4n) is 2.77. The summed E-state index contributed by atoms with van der Waals surface area (Å²) in [4.78, 5) is 16.5. The number of carbonyl (C=O) groups is 1. The van der Waals surface area contributed by atoms with Crippen LogP contribution in [0.4, 0.5) is 0 Å². The van der Waals surface area contributed by atoms with Crippen molar-refractivity contribution in [1.29, 1.82) is 0 Å². The Hall–Kier alpha value is -2.32. The van der Waals surface area contributed by atoms with Crippen molar-refractivity contribution in [2.75, 3.05) is 13.2 Å². The summed E-state index contributed by atoms with van der Waals surface area (Å²) in [5.74, 6) is 0.753. The maximum Gasteiger partial charge on any atom is 0.220 e. The lowest BCUT2D eigenvalue weighted by atomic mass is 10.1. The first-order valence-corrected chi connectivity index (χ1v) is 8.44. The number of amides is 1. The van der Waals surface area contributed by atoms with Crippen LogP contribution < -0.4 is 5.32 Å². The number of pyridine rings is 1. The van der Waals surface area contributed by atoms with Crippen molar-refractivity contribution >= 4 is 5.91 Å². The summed E-state index contributed by atoms with van der Waals surface area (Å²) >= 11 is 0. The first-order chi connectivity index (χ1) is 12.2. The Labute approximate surface area is 146 Å². The van der Waals surface area contributed by atoms with Gasteiger partial charge < -0.3 is 19.4 Å². The number of nitrogens with zero attached hydrogens (tertiary/aromatic N) is 4. The van der Waals surface area contributed by atoms with E-state index >= 15 is 0 Å². The molecule has 1 aliphatic heterocycles. The molecule has 2 aromatic rings. The molecule has 134 valence electrons. The molecule has 0 aliphatic carbocycles. The van der Waals surface area contributed by atoms with Crippen LogP contribution in [0, 0.1) is 0 Å². The molecule has 1 N–H and O–H groups in total. The molecule has 0 bridgehead atoms. The quantitative estimate of drug-likeness (QED) is 0.792. The Morgan fingerprint density at radius 1 is 1.48 bits per heavy atom. The monoisotopic (exact) mass is 345 g/mol. The molecule has 0 spiro atoms. The summed E-state index contributed by atoms with van der Waals surface area (Å²) in [5.41, 5.74) is 0.876. The number of nitrogens with one attached hydrogen (secondary N) is 1. The molecule has 0 saturated carbocycles. The van der Waals surface area contributed by atoms with Gasteiger partial charge in [-0.1, -0.05) is 6.07 Å². The van der Waals surface area contributed by atoms with E-state index in [1.807, 2.05) is 29.8 Å². The number of hydrogen-bond donors (Lipinski definition) is 1. The van der Waals surface area contributed by atoms with Crippen LogP contribution in [0.1, 0.15) is 24.4 Å². The fourth-order valence-corrected chi connectivity index (χ4v) is 2.77. The second-order valence-electron chi connectivity index (χ2n) is 6.07. The normalized spacial score (nSPS) is 20.4. The van der Waals surface area contributed by atoms with E-state index in [0.29, 0.717) is 32.7 Å². The Bertz CT molecular complexity index is 676. The molecular weight excluding hydrogens is 322 g/mol. The molecule has 1 aliphatic rings. The number of ether oxygens (including phenoxy) is 2. The van der Waals surface area contributed by atoms with E-state index < -0.39 is 0 Å². The molecule has 8 nitrogen and oxygen atoms in total. The van der Waals surface area contributed by atoms with Gasteiger partial charge in [0.2, 0.25) is 5.91 Å². The minimum absolute atomic E-state index is 0.0371. The van der Waals surface area contributed by atoms with Crippen molar-refractivity contribution in [2.45, 2.75) is 38.0 Å². The fraction of sp³-hybridized carbons (Fsp3) is 0.529. The van der Waals surface area contributed by atoms with E-state index in [0.717, 1.165) is 17.9 Å². The van der Waals surface area contributed by atoms with Crippen LogP contribution in [0.2, 0.25) is 0 Å². The molecule has 0 aromatic carbocycles. The first kappa shape index (κ1) is 17.5. The third-order valence-electron chi connectivity index (χ3n) is 4.19. The highest BCUT2D eigenvalue weighted by Crippen LogP contribution is 2.14. The Morgan fingerprint density at radius 3 is 3.16 bits per heavy atom. The van der Waals surface area contributed by atoms with Crippen LogP contribution >= 0.6 is 0 Å². The highest BCUT2D eigenvalue weighted by Gasteiger charge is 2.28. The van der Waals surface area contributed by atoms with Gasteiger partial charge in [0.1, 0.15) is 12.2 Å². The predicted molar refractivity (Wildman–Crippen MR) is 89.5 cm³/mol.